The molecule has 1 aromatic heterocycles. The molecule has 5 nitrogen and oxygen atoms in total. The van der Waals surface area contributed by atoms with Gasteiger partial charge in [-0.05, 0) is 31.7 Å². The molecule has 0 aliphatic carbocycles. The fraction of sp³-hybridized carbons (Fsp3) is 0.625. The van der Waals surface area contributed by atoms with Crippen molar-refractivity contribution in [3.8, 4) is 0 Å². The van der Waals surface area contributed by atoms with Crippen molar-refractivity contribution in [1.29, 1.82) is 0 Å². The highest BCUT2D eigenvalue weighted by Crippen LogP contribution is 2.25. The van der Waals surface area contributed by atoms with Gasteiger partial charge in [0, 0.05) is 37.1 Å². The van der Waals surface area contributed by atoms with Gasteiger partial charge in [0.1, 0.15) is 5.82 Å². The van der Waals surface area contributed by atoms with Gasteiger partial charge < -0.3 is 15.5 Å². The van der Waals surface area contributed by atoms with Crippen LogP contribution in [0.3, 0.4) is 0 Å². The lowest BCUT2D eigenvalue weighted by Gasteiger charge is -2.20. The van der Waals surface area contributed by atoms with E-state index in [4.69, 9.17) is 11.6 Å². The minimum absolute atomic E-state index is 0. The predicted molar refractivity (Wildman–Crippen MR) is 117 cm³/mol. The third-order valence-corrected chi connectivity index (χ3v) is 5.07. The summed E-state index contributed by atoms with van der Waals surface area (Å²) >= 11 is 8.08. The molecule has 1 aliphatic rings. The van der Waals surface area contributed by atoms with Gasteiger partial charge >= 0.3 is 0 Å². The molecule has 0 aromatic carbocycles. The molecule has 136 valence electrons. The Morgan fingerprint density at radius 1 is 1.58 bits per heavy atom. The Morgan fingerprint density at radius 3 is 3.04 bits per heavy atom. The number of guanidine groups is 1. The molecule has 2 unspecified atom stereocenters. The van der Waals surface area contributed by atoms with E-state index in [1.807, 2.05) is 23.9 Å². The maximum atomic E-state index is 6.25. The Kier molecular flexibility index (Phi) is 10.1. The lowest BCUT2D eigenvalue weighted by molar-refractivity contribution is 0.648. The molecule has 1 saturated heterocycles. The molecule has 8 heteroatoms. The van der Waals surface area contributed by atoms with Gasteiger partial charge in [0.2, 0.25) is 0 Å². The van der Waals surface area contributed by atoms with Gasteiger partial charge in [-0.25, -0.2) is 4.98 Å². The molecule has 2 rings (SSSR count). The standard InChI is InChI=1S/C16H26ClN5S.HI/c1-4-18-16(20-10-12(2)23-3)21-13-7-9-22(11-13)15-14(17)6-5-8-19-15;/h5-6,8,12-13H,4,7,9-11H2,1-3H3,(H2,18,20,21);1H. The first kappa shape index (κ1) is 21.6. The monoisotopic (exact) mass is 483 g/mol. The van der Waals surface area contributed by atoms with E-state index in [1.54, 1.807) is 6.20 Å². The zero-order valence-electron chi connectivity index (χ0n) is 14.5. The summed E-state index contributed by atoms with van der Waals surface area (Å²) in [6.07, 6.45) is 4.96. The fourth-order valence-corrected chi connectivity index (χ4v) is 2.95. The van der Waals surface area contributed by atoms with E-state index in [0.29, 0.717) is 16.3 Å². The van der Waals surface area contributed by atoms with Gasteiger partial charge in [-0.1, -0.05) is 18.5 Å². The van der Waals surface area contributed by atoms with Crippen molar-refractivity contribution in [3.63, 3.8) is 0 Å². The highest BCUT2D eigenvalue weighted by atomic mass is 127. The predicted octanol–water partition coefficient (Wildman–Crippen LogP) is 3.24. The van der Waals surface area contributed by atoms with E-state index in [1.165, 1.54) is 0 Å². The van der Waals surface area contributed by atoms with Crippen molar-refractivity contribution in [3.05, 3.63) is 23.4 Å². The van der Waals surface area contributed by atoms with Crippen molar-refractivity contribution in [2.24, 2.45) is 4.99 Å². The maximum Gasteiger partial charge on any atom is 0.191 e. The molecule has 24 heavy (non-hydrogen) atoms. The number of nitrogens with zero attached hydrogens (tertiary/aromatic N) is 3. The van der Waals surface area contributed by atoms with E-state index >= 15 is 0 Å². The van der Waals surface area contributed by atoms with E-state index in [2.05, 4.69) is 45.6 Å². The molecular weight excluding hydrogens is 457 g/mol. The largest absolute Gasteiger partial charge is 0.357 e. The Labute approximate surface area is 171 Å². The van der Waals surface area contributed by atoms with Crippen LogP contribution in [-0.4, -0.2) is 54.7 Å². The molecule has 1 fully saturated rings. The zero-order chi connectivity index (χ0) is 16.7. The van der Waals surface area contributed by atoms with E-state index in [9.17, 15) is 0 Å². The molecule has 2 N–H and O–H groups in total. The molecule has 0 saturated carbocycles. The van der Waals surface area contributed by atoms with Gasteiger partial charge in [0.15, 0.2) is 5.96 Å². The first-order chi connectivity index (χ1) is 11.1. The molecule has 0 radical (unpaired) electrons. The van der Waals surface area contributed by atoms with Crippen LogP contribution in [0.25, 0.3) is 0 Å². The minimum atomic E-state index is 0. The van der Waals surface area contributed by atoms with Gasteiger partial charge in [-0.2, -0.15) is 11.8 Å². The van der Waals surface area contributed by atoms with Crippen LogP contribution in [-0.2, 0) is 0 Å². The number of aliphatic imine (C=N–C) groups is 1. The smallest absolute Gasteiger partial charge is 0.191 e. The van der Waals surface area contributed by atoms with Gasteiger partial charge in [-0.15, -0.1) is 24.0 Å². The lowest BCUT2D eigenvalue weighted by atomic mass is 10.3. The Hall–Kier alpha value is -0.410. The Balaban J connectivity index is 0.00000288. The number of nitrogens with one attached hydrogen (secondary N) is 2. The number of halogens is 2. The first-order valence-electron chi connectivity index (χ1n) is 8.07. The number of thioether (sulfide) groups is 1. The molecule has 0 bridgehead atoms. The summed E-state index contributed by atoms with van der Waals surface area (Å²) in [5, 5.41) is 8.09. The highest BCUT2D eigenvalue weighted by Gasteiger charge is 2.25. The van der Waals surface area contributed by atoms with E-state index in [-0.39, 0.29) is 24.0 Å². The van der Waals surface area contributed by atoms with Crippen molar-refractivity contribution in [2.75, 3.05) is 37.3 Å². The average Bonchev–Trinajstić information content (AvgIpc) is 3.01. The normalized spacial score (nSPS) is 18.9. The van der Waals surface area contributed by atoms with Crippen LogP contribution in [0, 0.1) is 0 Å². The van der Waals surface area contributed by atoms with Crippen LogP contribution in [0.15, 0.2) is 23.3 Å². The quantitative estimate of drug-likeness (QED) is 0.370. The van der Waals surface area contributed by atoms with Crippen LogP contribution in [0.2, 0.25) is 5.02 Å². The van der Waals surface area contributed by atoms with Gasteiger partial charge in [0.05, 0.1) is 11.6 Å². The summed E-state index contributed by atoms with van der Waals surface area (Å²) in [7, 11) is 0. The van der Waals surface area contributed by atoms with Crippen molar-refractivity contribution in [1.82, 2.24) is 15.6 Å². The molecule has 1 aromatic rings. The van der Waals surface area contributed by atoms with Crippen molar-refractivity contribution >= 4 is 59.1 Å². The summed E-state index contributed by atoms with van der Waals surface area (Å²) in [5.41, 5.74) is 0. The lowest BCUT2D eigenvalue weighted by Crippen LogP contribution is -2.45. The fourth-order valence-electron chi connectivity index (χ4n) is 2.49. The van der Waals surface area contributed by atoms with Gasteiger partial charge in [-0.3, -0.25) is 4.99 Å². The second-order valence-electron chi connectivity index (χ2n) is 5.65. The zero-order valence-corrected chi connectivity index (χ0v) is 18.4. The molecule has 1 aliphatic heterocycles. The maximum absolute atomic E-state index is 6.25. The number of pyridine rings is 1. The topological polar surface area (TPSA) is 52.6 Å². The third kappa shape index (κ3) is 6.48. The van der Waals surface area contributed by atoms with Gasteiger partial charge in [0.25, 0.3) is 0 Å². The summed E-state index contributed by atoms with van der Waals surface area (Å²) in [5.74, 6) is 1.77. The first-order valence-corrected chi connectivity index (χ1v) is 9.73. The van der Waals surface area contributed by atoms with Crippen LogP contribution < -0.4 is 15.5 Å². The second-order valence-corrected chi connectivity index (χ2v) is 7.33. The van der Waals surface area contributed by atoms with E-state index in [0.717, 1.165) is 44.4 Å². The molecule has 0 spiro atoms. The number of aromatic nitrogens is 1. The second kappa shape index (κ2) is 11.3. The summed E-state index contributed by atoms with van der Waals surface area (Å²) in [4.78, 5) is 11.3. The number of rotatable bonds is 6. The Morgan fingerprint density at radius 2 is 2.38 bits per heavy atom. The summed E-state index contributed by atoms with van der Waals surface area (Å²) in [6.45, 7) is 7.80. The summed E-state index contributed by atoms with van der Waals surface area (Å²) in [6, 6.07) is 4.11. The molecular formula is C16H27ClIN5S. The SMILES string of the molecule is CCNC(=NCC(C)SC)NC1CCN(c2ncccc2Cl)C1.I. The highest BCUT2D eigenvalue weighted by molar-refractivity contribution is 14.0. The summed E-state index contributed by atoms with van der Waals surface area (Å²) < 4.78 is 0. The molecule has 0 amide bonds. The van der Waals surface area contributed by atoms with Crippen LogP contribution >= 0.6 is 47.3 Å². The Bertz CT molecular complexity index is 531. The number of anilines is 1. The van der Waals surface area contributed by atoms with Crippen LogP contribution in [0.1, 0.15) is 20.3 Å². The average molecular weight is 484 g/mol. The third-order valence-electron chi connectivity index (χ3n) is 3.82. The van der Waals surface area contributed by atoms with Crippen LogP contribution in [0.4, 0.5) is 5.82 Å². The molecule has 2 heterocycles. The number of hydrogen-bond acceptors (Lipinski definition) is 4. The van der Waals surface area contributed by atoms with Crippen molar-refractivity contribution < 1.29 is 0 Å². The molecule has 2 atom stereocenters. The van der Waals surface area contributed by atoms with Crippen LogP contribution in [0.5, 0.6) is 0 Å². The number of hydrogen-bond donors (Lipinski definition) is 2. The minimum Gasteiger partial charge on any atom is -0.357 e. The van der Waals surface area contributed by atoms with E-state index < -0.39 is 0 Å². The van der Waals surface area contributed by atoms with Crippen molar-refractivity contribution in [2.45, 2.75) is 31.6 Å².